The molecule has 2 fully saturated rings. The Hall–Kier alpha value is -2.34. The number of nitrogens with zero attached hydrogens (tertiary/aromatic N) is 2. The van der Waals surface area contributed by atoms with Crippen molar-refractivity contribution in [3.63, 3.8) is 0 Å². The first-order chi connectivity index (χ1) is 14.1. The van der Waals surface area contributed by atoms with Crippen molar-refractivity contribution >= 4 is 11.7 Å². The molecule has 0 spiro atoms. The Kier molecular flexibility index (Phi) is 6.19. The van der Waals surface area contributed by atoms with E-state index in [0.717, 1.165) is 57.0 Å². The van der Waals surface area contributed by atoms with Gasteiger partial charge >= 0.3 is 0 Å². The molecule has 2 aliphatic rings. The monoisotopic (exact) mass is 396 g/mol. The average molecular weight is 397 g/mol. The van der Waals surface area contributed by atoms with Gasteiger partial charge in [0.05, 0.1) is 11.7 Å². The maximum atomic E-state index is 11.6. The number of ether oxygens (including phenoxy) is 1. The highest BCUT2D eigenvalue weighted by Gasteiger charge is 2.28. The second-order valence-electron chi connectivity index (χ2n) is 8.35. The van der Waals surface area contributed by atoms with Gasteiger partial charge in [0.25, 0.3) is 0 Å². The number of hydrogen-bond donors (Lipinski definition) is 2. The molecule has 2 aromatic rings. The van der Waals surface area contributed by atoms with Gasteiger partial charge in [0.2, 0.25) is 5.91 Å². The number of aryl methyl sites for hydroxylation is 1. The lowest BCUT2D eigenvalue weighted by molar-refractivity contribution is -0.119. The minimum Gasteiger partial charge on any atom is -0.381 e. The van der Waals surface area contributed by atoms with Gasteiger partial charge in [-0.05, 0) is 37.8 Å². The van der Waals surface area contributed by atoms with Crippen LogP contribution in [0.2, 0.25) is 0 Å². The van der Waals surface area contributed by atoms with E-state index < -0.39 is 0 Å². The average Bonchev–Trinajstić information content (AvgIpc) is 3.36. The van der Waals surface area contributed by atoms with Crippen LogP contribution in [-0.2, 0) is 16.0 Å². The molecule has 29 heavy (non-hydrogen) atoms. The Morgan fingerprint density at radius 1 is 1.31 bits per heavy atom. The number of aromatic nitrogens is 2. The first-order valence-electron chi connectivity index (χ1n) is 10.9. The molecule has 0 saturated carbocycles. The van der Waals surface area contributed by atoms with Crippen LogP contribution < -0.4 is 10.6 Å². The summed E-state index contributed by atoms with van der Waals surface area (Å²) < 4.78 is 7.77. The van der Waals surface area contributed by atoms with E-state index in [1.54, 1.807) is 0 Å². The third-order valence-electron chi connectivity index (χ3n) is 6.13. The van der Waals surface area contributed by atoms with Crippen LogP contribution in [-0.4, -0.2) is 41.5 Å². The lowest BCUT2D eigenvalue weighted by Crippen LogP contribution is -2.28. The molecule has 156 valence electrons. The van der Waals surface area contributed by atoms with E-state index in [0.29, 0.717) is 18.4 Å². The molecule has 0 bridgehead atoms. The molecule has 2 saturated heterocycles. The summed E-state index contributed by atoms with van der Waals surface area (Å²) in [7, 11) is 0. The molecule has 6 nitrogen and oxygen atoms in total. The van der Waals surface area contributed by atoms with Crippen molar-refractivity contribution in [3.8, 4) is 11.3 Å². The summed E-state index contributed by atoms with van der Waals surface area (Å²) in [6.07, 6.45) is 4.78. The molecular formula is C23H32N4O2. The Morgan fingerprint density at radius 2 is 2.14 bits per heavy atom. The van der Waals surface area contributed by atoms with E-state index >= 15 is 0 Å². The molecule has 0 aliphatic carbocycles. The standard InChI is InChI=1S/C23H32N4O2/c1-3-5-17-6-4-7-18(12-17)21-14-22(25-16(2)19-13-23(28)24-15-19)26-27(21)20-8-10-29-11-9-20/h4,6-7,12,14,16,19-20H,3,5,8-11,13,15H2,1-2H3,(H,24,28)(H,25,26)/t16?,19-/m1/s1. The second-order valence-corrected chi connectivity index (χ2v) is 8.35. The van der Waals surface area contributed by atoms with Gasteiger partial charge in [-0.25, -0.2) is 0 Å². The van der Waals surface area contributed by atoms with Gasteiger partial charge in [0, 0.05) is 49.8 Å². The van der Waals surface area contributed by atoms with Crippen molar-refractivity contribution in [2.45, 2.75) is 58.0 Å². The fourth-order valence-corrected chi connectivity index (χ4v) is 4.40. The van der Waals surface area contributed by atoms with Crippen molar-refractivity contribution in [1.82, 2.24) is 15.1 Å². The van der Waals surface area contributed by atoms with Crippen LogP contribution in [0.4, 0.5) is 5.82 Å². The molecule has 1 unspecified atom stereocenters. The van der Waals surface area contributed by atoms with E-state index in [2.05, 4.69) is 59.5 Å². The van der Waals surface area contributed by atoms with E-state index in [1.807, 2.05) is 0 Å². The quantitative estimate of drug-likeness (QED) is 0.747. The summed E-state index contributed by atoms with van der Waals surface area (Å²) in [6.45, 7) is 6.66. The lowest BCUT2D eigenvalue weighted by atomic mass is 10.0. The minimum absolute atomic E-state index is 0.143. The maximum absolute atomic E-state index is 11.6. The van der Waals surface area contributed by atoms with E-state index in [4.69, 9.17) is 9.84 Å². The normalized spacial score (nSPS) is 21.2. The number of hydrogen-bond acceptors (Lipinski definition) is 4. The molecule has 0 radical (unpaired) electrons. The van der Waals surface area contributed by atoms with Crippen molar-refractivity contribution < 1.29 is 9.53 Å². The van der Waals surface area contributed by atoms with Crippen molar-refractivity contribution in [1.29, 1.82) is 0 Å². The molecule has 2 aliphatic heterocycles. The molecule has 4 rings (SSSR count). The summed E-state index contributed by atoms with van der Waals surface area (Å²) in [6, 6.07) is 11.5. The first-order valence-corrected chi connectivity index (χ1v) is 10.9. The Labute approximate surface area is 173 Å². The van der Waals surface area contributed by atoms with Crippen LogP contribution in [0.25, 0.3) is 11.3 Å². The van der Waals surface area contributed by atoms with Crippen LogP contribution in [0.5, 0.6) is 0 Å². The number of anilines is 1. The zero-order chi connectivity index (χ0) is 20.2. The molecule has 1 aromatic heterocycles. The fourth-order valence-electron chi connectivity index (χ4n) is 4.40. The molecule has 3 heterocycles. The summed E-state index contributed by atoms with van der Waals surface area (Å²) in [5.41, 5.74) is 3.74. The first kappa shape index (κ1) is 20.0. The Balaban J connectivity index is 1.61. The predicted molar refractivity (Wildman–Crippen MR) is 115 cm³/mol. The van der Waals surface area contributed by atoms with Crippen LogP contribution in [0.3, 0.4) is 0 Å². The SMILES string of the molecule is CCCc1cccc(-c2cc(NC(C)[C@H]3CNC(=O)C3)nn2C2CCOCC2)c1. The van der Waals surface area contributed by atoms with E-state index in [-0.39, 0.29) is 11.9 Å². The number of rotatable bonds is 7. The smallest absolute Gasteiger partial charge is 0.220 e. The summed E-state index contributed by atoms with van der Waals surface area (Å²) >= 11 is 0. The topological polar surface area (TPSA) is 68.2 Å². The highest BCUT2D eigenvalue weighted by Crippen LogP contribution is 2.31. The van der Waals surface area contributed by atoms with Gasteiger partial charge in [0.15, 0.2) is 0 Å². The maximum Gasteiger partial charge on any atom is 0.220 e. The molecule has 1 aromatic carbocycles. The van der Waals surface area contributed by atoms with Gasteiger partial charge in [-0.3, -0.25) is 9.48 Å². The van der Waals surface area contributed by atoms with Gasteiger partial charge in [-0.2, -0.15) is 5.10 Å². The third kappa shape index (κ3) is 4.64. The van der Waals surface area contributed by atoms with Crippen molar-refractivity contribution in [2.75, 3.05) is 25.1 Å². The Morgan fingerprint density at radius 3 is 2.86 bits per heavy atom. The fraction of sp³-hybridized carbons (Fsp3) is 0.565. The van der Waals surface area contributed by atoms with Crippen LogP contribution >= 0.6 is 0 Å². The number of amides is 1. The number of nitrogens with one attached hydrogen (secondary N) is 2. The largest absolute Gasteiger partial charge is 0.381 e. The highest BCUT2D eigenvalue weighted by molar-refractivity contribution is 5.78. The number of carbonyl (C=O) groups is 1. The second kappa shape index (κ2) is 8.99. The number of carbonyl (C=O) groups excluding carboxylic acids is 1. The van der Waals surface area contributed by atoms with Crippen LogP contribution in [0.1, 0.15) is 51.1 Å². The van der Waals surface area contributed by atoms with Crippen molar-refractivity contribution in [3.05, 3.63) is 35.9 Å². The molecular weight excluding hydrogens is 364 g/mol. The third-order valence-corrected chi connectivity index (χ3v) is 6.13. The zero-order valence-electron chi connectivity index (χ0n) is 17.5. The highest BCUT2D eigenvalue weighted by atomic mass is 16.5. The molecule has 6 heteroatoms. The predicted octanol–water partition coefficient (Wildman–Crippen LogP) is 3.79. The van der Waals surface area contributed by atoms with Crippen LogP contribution in [0.15, 0.2) is 30.3 Å². The van der Waals surface area contributed by atoms with Crippen LogP contribution in [0, 0.1) is 5.92 Å². The van der Waals surface area contributed by atoms with E-state index in [1.165, 1.54) is 11.1 Å². The number of benzene rings is 1. The summed E-state index contributed by atoms with van der Waals surface area (Å²) in [5.74, 6) is 1.33. The molecule has 1 amide bonds. The lowest BCUT2D eigenvalue weighted by Gasteiger charge is -2.24. The van der Waals surface area contributed by atoms with Gasteiger partial charge in [-0.15, -0.1) is 0 Å². The van der Waals surface area contributed by atoms with Gasteiger partial charge in [0.1, 0.15) is 5.82 Å². The van der Waals surface area contributed by atoms with Crippen molar-refractivity contribution in [2.24, 2.45) is 5.92 Å². The minimum atomic E-state index is 0.143. The van der Waals surface area contributed by atoms with E-state index in [9.17, 15) is 4.79 Å². The summed E-state index contributed by atoms with van der Waals surface area (Å²) in [4.78, 5) is 11.6. The van der Waals surface area contributed by atoms with Gasteiger partial charge < -0.3 is 15.4 Å². The summed E-state index contributed by atoms with van der Waals surface area (Å²) in [5, 5.41) is 11.4. The molecule has 2 N–H and O–H groups in total. The van der Waals surface area contributed by atoms with Gasteiger partial charge in [-0.1, -0.05) is 31.5 Å². The zero-order valence-corrected chi connectivity index (χ0v) is 17.5. The Bertz CT molecular complexity index is 841. The molecule has 2 atom stereocenters.